The molecule has 0 saturated carbocycles. The first-order valence-electron chi connectivity index (χ1n) is 10.2. The van der Waals surface area contributed by atoms with Crippen LogP contribution in [0, 0.1) is 5.82 Å². The summed E-state index contributed by atoms with van der Waals surface area (Å²) in [6.45, 7) is 1.88. The molecule has 0 radical (unpaired) electrons. The summed E-state index contributed by atoms with van der Waals surface area (Å²) >= 11 is 0. The van der Waals surface area contributed by atoms with Gasteiger partial charge in [0.05, 0.1) is 16.1 Å². The van der Waals surface area contributed by atoms with Crippen molar-refractivity contribution in [3.05, 3.63) is 59.9 Å². The molecule has 0 unspecified atom stereocenters. The smallest absolute Gasteiger partial charge is 0.252 e. The first-order valence-corrected chi connectivity index (χ1v) is 11.7. The quantitative estimate of drug-likeness (QED) is 0.649. The van der Waals surface area contributed by atoms with Gasteiger partial charge in [-0.1, -0.05) is 30.7 Å². The number of hydrogen-bond donors (Lipinski definition) is 1. The maximum atomic E-state index is 13.8. The van der Waals surface area contributed by atoms with E-state index < -0.39 is 15.9 Å². The summed E-state index contributed by atoms with van der Waals surface area (Å²) in [4.78, 5) is 14.5. The zero-order valence-corrected chi connectivity index (χ0v) is 18.0. The Morgan fingerprint density at radius 3 is 2.47 bits per heavy atom. The Kier molecular flexibility index (Phi) is 7.44. The number of nitrogens with zero attached hydrogens (tertiary/aromatic N) is 2. The standard InChI is InChI=1S/C22H28FN3O3S/c1-25(20-12-5-4-11-19(20)23)15-9-14-24-22(27)18-10-3-6-13-21(18)30(28,29)26-16-7-2-8-17-26/h3-6,10-13H,2,7-9,14-17H2,1H3,(H,24,27). The number of carbonyl (C=O) groups is 1. The molecule has 1 N–H and O–H groups in total. The molecule has 0 aromatic heterocycles. The largest absolute Gasteiger partial charge is 0.372 e. The lowest BCUT2D eigenvalue weighted by molar-refractivity contribution is 0.0950. The van der Waals surface area contributed by atoms with Crippen molar-refractivity contribution in [2.45, 2.75) is 30.6 Å². The highest BCUT2D eigenvalue weighted by Crippen LogP contribution is 2.23. The number of piperidine rings is 1. The zero-order chi connectivity index (χ0) is 21.6. The Hall–Kier alpha value is -2.45. The average molecular weight is 434 g/mol. The summed E-state index contributed by atoms with van der Waals surface area (Å²) in [6.07, 6.45) is 3.29. The van der Waals surface area contributed by atoms with Crippen molar-refractivity contribution in [1.82, 2.24) is 9.62 Å². The molecule has 1 aliphatic rings. The molecule has 1 aliphatic heterocycles. The average Bonchev–Trinajstić information content (AvgIpc) is 2.77. The van der Waals surface area contributed by atoms with Crippen LogP contribution in [0.4, 0.5) is 10.1 Å². The van der Waals surface area contributed by atoms with E-state index in [1.54, 1.807) is 42.3 Å². The van der Waals surface area contributed by atoms with E-state index in [1.165, 1.54) is 22.5 Å². The van der Waals surface area contributed by atoms with Crippen molar-refractivity contribution in [1.29, 1.82) is 0 Å². The molecule has 30 heavy (non-hydrogen) atoms. The van der Waals surface area contributed by atoms with E-state index in [2.05, 4.69) is 5.32 Å². The number of hydrogen-bond acceptors (Lipinski definition) is 4. The van der Waals surface area contributed by atoms with Gasteiger partial charge in [0.15, 0.2) is 0 Å². The Bertz CT molecular complexity index is 975. The monoisotopic (exact) mass is 433 g/mol. The van der Waals surface area contributed by atoms with Gasteiger partial charge >= 0.3 is 0 Å². The lowest BCUT2D eigenvalue weighted by Crippen LogP contribution is -2.37. The van der Waals surface area contributed by atoms with Gasteiger partial charge in [0.25, 0.3) is 5.91 Å². The van der Waals surface area contributed by atoms with Crippen LogP contribution in [-0.2, 0) is 10.0 Å². The van der Waals surface area contributed by atoms with Crippen molar-refractivity contribution >= 4 is 21.6 Å². The van der Waals surface area contributed by atoms with E-state index in [0.29, 0.717) is 38.3 Å². The van der Waals surface area contributed by atoms with E-state index in [4.69, 9.17) is 0 Å². The molecule has 0 atom stereocenters. The molecule has 0 spiro atoms. The van der Waals surface area contributed by atoms with E-state index >= 15 is 0 Å². The SMILES string of the molecule is CN(CCCNC(=O)c1ccccc1S(=O)(=O)N1CCCCC1)c1ccccc1F. The molecule has 0 bridgehead atoms. The van der Waals surface area contributed by atoms with E-state index in [9.17, 15) is 17.6 Å². The predicted octanol–water partition coefficient (Wildman–Crippen LogP) is 3.26. The van der Waals surface area contributed by atoms with E-state index in [0.717, 1.165) is 19.3 Å². The van der Waals surface area contributed by atoms with E-state index in [1.807, 2.05) is 0 Å². The van der Waals surface area contributed by atoms with Gasteiger partial charge in [-0.25, -0.2) is 12.8 Å². The van der Waals surface area contributed by atoms with Crippen molar-refractivity contribution in [2.24, 2.45) is 0 Å². The van der Waals surface area contributed by atoms with Gasteiger partial charge in [-0.3, -0.25) is 4.79 Å². The summed E-state index contributed by atoms with van der Waals surface area (Å²) in [5.74, 6) is -0.708. The fourth-order valence-electron chi connectivity index (χ4n) is 3.62. The third-order valence-electron chi connectivity index (χ3n) is 5.28. The van der Waals surface area contributed by atoms with Crippen LogP contribution in [-0.4, -0.2) is 51.9 Å². The number of benzene rings is 2. The highest BCUT2D eigenvalue weighted by molar-refractivity contribution is 7.89. The van der Waals surface area contributed by atoms with Crippen LogP contribution in [0.15, 0.2) is 53.4 Å². The van der Waals surface area contributed by atoms with Gasteiger partial charge in [0.2, 0.25) is 10.0 Å². The molecular formula is C22H28FN3O3S. The number of anilines is 1. The van der Waals surface area contributed by atoms with Crippen LogP contribution < -0.4 is 10.2 Å². The molecule has 1 saturated heterocycles. The second-order valence-corrected chi connectivity index (χ2v) is 9.35. The van der Waals surface area contributed by atoms with Crippen LogP contribution in [0.25, 0.3) is 0 Å². The normalized spacial score (nSPS) is 15.0. The minimum absolute atomic E-state index is 0.0490. The third-order valence-corrected chi connectivity index (χ3v) is 7.24. The number of amides is 1. The molecule has 8 heteroatoms. The van der Waals surface area contributed by atoms with Crippen LogP contribution in [0.5, 0.6) is 0 Å². The first-order chi connectivity index (χ1) is 14.4. The fourth-order valence-corrected chi connectivity index (χ4v) is 5.32. The maximum absolute atomic E-state index is 13.8. The summed E-state index contributed by atoms with van der Waals surface area (Å²) in [5, 5.41) is 2.79. The topological polar surface area (TPSA) is 69.7 Å². The molecule has 2 aromatic rings. The van der Waals surface area contributed by atoms with Gasteiger partial charge in [0.1, 0.15) is 5.82 Å². The molecule has 1 amide bonds. The third kappa shape index (κ3) is 5.17. The highest BCUT2D eigenvalue weighted by Gasteiger charge is 2.29. The number of para-hydroxylation sites is 1. The van der Waals surface area contributed by atoms with Crippen molar-refractivity contribution in [3.8, 4) is 0 Å². The first kappa shape index (κ1) is 22.2. The lowest BCUT2D eigenvalue weighted by atomic mass is 10.2. The molecule has 1 heterocycles. The molecule has 0 aliphatic carbocycles. The Labute approximate surface area is 177 Å². The number of nitrogens with one attached hydrogen (secondary N) is 1. The Morgan fingerprint density at radius 1 is 1.07 bits per heavy atom. The van der Waals surface area contributed by atoms with Crippen LogP contribution >= 0.6 is 0 Å². The summed E-state index contributed by atoms with van der Waals surface area (Å²) in [5.41, 5.74) is 0.660. The van der Waals surface area contributed by atoms with Gasteiger partial charge < -0.3 is 10.2 Å². The van der Waals surface area contributed by atoms with Crippen LogP contribution in [0.1, 0.15) is 36.0 Å². The summed E-state index contributed by atoms with van der Waals surface area (Å²) in [7, 11) is -1.91. The predicted molar refractivity (Wildman–Crippen MR) is 116 cm³/mol. The number of carbonyl (C=O) groups excluding carboxylic acids is 1. The molecule has 2 aromatic carbocycles. The van der Waals surface area contributed by atoms with Crippen LogP contribution in [0.3, 0.4) is 0 Å². The van der Waals surface area contributed by atoms with Gasteiger partial charge in [-0.15, -0.1) is 0 Å². The number of halogens is 1. The van der Waals surface area contributed by atoms with Crippen molar-refractivity contribution in [3.63, 3.8) is 0 Å². The van der Waals surface area contributed by atoms with Gasteiger partial charge in [0, 0.05) is 33.2 Å². The lowest BCUT2D eigenvalue weighted by Gasteiger charge is -2.26. The van der Waals surface area contributed by atoms with Crippen LogP contribution in [0.2, 0.25) is 0 Å². The molecule has 162 valence electrons. The maximum Gasteiger partial charge on any atom is 0.252 e. The molecule has 1 fully saturated rings. The zero-order valence-electron chi connectivity index (χ0n) is 17.2. The number of sulfonamides is 1. The summed E-state index contributed by atoms with van der Waals surface area (Å²) in [6, 6.07) is 12.9. The van der Waals surface area contributed by atoms with Crippen molar-refractivity contribution in [2.75, 3.05) is 38.1 Å². The van der Waals surface area contributed by atoms with Gasteiger partial charge in [-0.05, 0) is 43.5 Å². The Balaban J connectivity index is 1.60. The minimum Gasteiger partial charge on any atom is -0.372 e. The second kappa shape index (κ2) is 10.0. The fraction of sp³-hybridized carbons (Fsp3) is 0.409. The Morgan fingerprint density at radius 2 is 1.73 bits per heavy atom. The molecule has 6 nitrogen and oxygen atoms in total. The van der Waals surface area contributed by atoms with Gasteiger partial charge in [-0.2, -0.15) is 4.31 Å². The second-order valence-electron chi connectivity index (χ2n) is 7.44. The minimum atomic E-state index is -3.70. The van der Waals surface area contributed by atoms with Crippen molar-refractivity contribution < 1.29 is 17.6 Å². The van der Waals surface area contributed by atoms with E-state index in [-0.39, 0.29) is 16.3 Å². The molecular weight excluding hydrogens is 405 g/mol. The molecule has 3 rings (SSSR count). The number of rotatable bonds is 8. The highest BCUT2D eigenvalue weighted by atomic mass is 32.2. The summed E-state index contributed by atoms with van der Waals surface area (Å²) < 4.78 is 41.3.